The molecule has 0 aliphatic heterocycles. The summed E-state index contributed by atoms with van der Waals surface area (Å²) in [7, 11) is 2.16. The van der Waals surface area contributed by atoms with E-state index in [1.807, 2.05) is 0 Å². The van der Waals surface area contributed by atoms with Crippen LogP contribution < -0.4 is 10.6 Å². The smallest absolute Gasteiger partial charge is 0.0367 e. The van der Waals surface area contributed by atoms with Crippen LogP contribution in [0.1, 0.15) is 22.6 Å². The minimum atomic E-state index is 0.605. The standard InChI is InChI=1S/C17H20N2/c1-19(16-7-4-5-13(9-16)11-18)12-15-10-14-6-2-3-8-17(14)15/h2-9,15H,10-12,18H2,1H3. The van der Waals surface area contributed by atoms with Gasteiger partial charge in [0.05, 0.1) is 0 Å². The van der Waals surface area contributed by atoms with Gasteiger partial charge in [-0.3, -0.25) is 0 Å². The van der Waals surface area contributed by atoms with Gasteiger partial charge in [0.25, 0.3) is 0 Å². The largest absolute Gasteiger partial charge is 0.374 e. The van der Waals surface area contributed by atoms with E-state index in [0.717, 1.165) is 6.54 Å². The number of benzene rings is 2. The van der Waals surface area contributed by atoms with Crippen LogP contribution in [-0.2, 0) is 13.0 Å². The van der Waals surface area contributed by atoms with Crippen molar-refractivity contribution in [3.8, 4) is 0 Å². The van der Waals surface area contributed by atoms with Gasteiger partial charge in [-0.2, -0.15) is 0 Å². The molecule has 3 rings (SSSR count). The van der Waals surface area contributed by atoms with Crippen LogP contribution in [0.25, 0.3) is 0 Å². The molecule has 0 heterocycles. The Hall–Kier alpha value is -1.80. The van der Waals surface area contributed by atoms with Gasteiger partial charge in [-0.05, 0) is 35.2 Å². The zero-order chi connectivity index (χ0) is 13.2. The van der Waals surface area contributed by atoms with Gasteiger partial charge in [0, 0.05) is 31.7 Å². The van der Waals surface area contributed by atoms with Crippen LogP contribution in [0.2, 0.25) is 0 Å². The first-order valence-electron chi connectivity index (χ1n) is 6.86. The van der Waals surface area contributed by atoms with Gasteiger partial charge < -0.3 is 10.6 Å². The first-order chi connectivity index (χ1) is 9.28. The average Bonchev–Trinajstić information content (AvgIpc) is 2.44. The molecule has 1 aliphatic rings. The number of hydrogen-bond acceptors (Lipinski definition) is 2. The second kappa shape index (κ2) is 5.06. The minimum Gasteiger partial charge on any atom is -0.374 e. The van der Waals surface area contributed by atoms with Gasteiger partial charge in [-0.25, -0.2) is 0 Å². The van der Waals surface area contributed by atoms with Crippen molar-refractivity contribution in [3.63, 3.8) is 0 Å². The van der Waals surface area contributed by atoms with Gasteiger partial charge in [0.2, 0.25) is 0 Å². The van der Waals surface area contributed by atoms with Gasteiger partial charge >= 0.3 is 0 Å². The molecule has 0 spiro atoms. The van der Waals surface area contributed by atoms with Crippen LogP contribution in [0.4, 0.5) is 5.69 Å². The third-order valence-corrected chi connectivity index (χ3v) is 4.04. The monoisotopic (exact) mass is 252 g/mol. The Labute approximate surface area is 114 Å². The van der Waals surface area contributed by atoms with Crippen molar-refractivity contribution in [1.29, 1.82) is 0 Å². The number of nitrogens with two attached hydrogens (primary N) is 1. The molecule has 2 aromatic rings. The summed E-state index contributed by atoms with van der Waals surface area (Å²) >= 11 is 0. The fourth-order valence-corrected chi connectivity index (χ4v) is 2.88. The van der Waals surface area contributed by atoms with Gasteiger partial charge in [0.15, 0.2) is 0 Å². The zero-order valence-electron chi connectivity index (χ0n) is 11.3. The number of rotatable bonds is 4. The summed E-state index contributed by atoms with van der Waals surface area (Å²) in [5.41, 5.74) is 11.2. The predicted molar refractivity (Wildman–Crippen MR) is 80.5 cm³/mol. The topological polar surface area (TPSA) is 29.3 Å². The molecule has 2 heteroatoms. The molecule has 1 atom stereocenters. The molecule has 0 fully saturated rings. The van der Waals surface area contributed by atoms with E-state index in [1.54, 1.807) is 0 Å². The molecule has 0 bridgehead atoms. The summed E-state index contributed by atoms with van der Waals surface area (Å²) in [5.74, 6) is 0.669. The lowest BCUT2D eigenvalue weighted by atomic mass is 9.77. The van der Waals surface area contributed by atoms with Crippen molar-refractivity contribution < 1.29 is 0 Å². The van der Waals surface area contributed by atoms with E-state index in [0.29, 0.717) is 12.5 Å². The molecule has 2 N–H and O–H groups in total. The van der Waals surface area contributed by atoms with Crippen molar-refractivity contribution in [2.24, 2.45) is 5.73 Å². The molecule has 98 valence electrons. The second-order valence-electron chi connectivity index (χ2n) is 5.35. The van der Waals surface area contributed by atoms with Crippen LogP contribution in [0.15, 0.2) is 48.5 Å². The van der Waals surface area contributed by atoms with Crippen molar-refractivity contribution in [1.82, 2.24) is 0 Å². The normalized spacial score (nSPS) is 16.6. The van der Waals surface area contributed by atoms with E-state index < -0.39 is 0 Å². The summed E-state index contributed by atoms with van der Waals surface area (Å²) in [4.78, 5) is 2.33. The molecule has 2 aromatic carbocycles. The Morgan fingerprint density at radius 3 is 2.79 bits per heavy atom. The first-order valence-corrected chi connectivity index (χ1v) is 6.86. The molecule has 1 unspecified atom stereocenters. The number of hydrogen-bond donors (Lipinski definition) is 1. The van der Waals surface area contributed by atoms with Gasteiger partial charge in [-0.1, -0.05) is 36.4 Å². The number of anilines is 1. The minimum absolute atomic E-state index is 0.605. The number of nitrogens with zero attached hydrogens (tertiary/aromatic N) is 1. The third-order valence-electron chi connectivity index (χ3n) is 4.04. The second-order valence-corrected chi connectivity index (χ2v) is 5.35. The van der Waals surface area contributed by atoms with E-state index in [1.165, 1.54) is 28.8 Å². The highest BCUT2D eigenvalue weighted by Crippen LogP contribution is 2.35. The van der Waals surface area contributed by atoms with E-state index in [4.69, 9.17) is 5.73 Å². The highest BCUT2D eigenvalue weighted by atomic mass is 15.1. The van der Waals surface area contributed by atoms with Crippen LogP contribution in [0.3, 0.4) is 0 Å². The maximum atomic E-state index is 5.70. The van der Waals surface area contributed by atoms with Crippen molar-refractivity contribution in [2.75, 3.05) is 18.5 Å². The summed E-state index contributed by atoms with van der Waals surface area (Å²) in [6.45, 7) is 1.68. The van der Waals surface area contributed by atoms with Crippen molar-refractivity contribution in [2.45, 2.75) is 18.9 Å². The fourth-order valence-electron chi connectivity index (χ4n) is 2.88. The SMILES string of the molecule is CN(CC1Cc2ccccc21)c1cccc(CN)c1. The van der Waals surface area contributed by atoms with E-state index in [9.17, 15) is 0 Å². The summed E-state index contributed by atoms with van der Waals surface area (Å²) in [6.07, 6.45) is 1.21. The highest BCUT2D eigenvalue weighted by molar-refractivity contribution is 5.50. The van der Waals surface area contributed by atoms with Crippen LogP contribution in [-0.4, -0.2) is 13.6 Å². The molecule has 0 amide bonds. The Morgan fingerprint density at radius 1 is 1.16 bits per heavy atom. The van der Waals surface area contributed by atoms with Crippen molar-refractivity contribution in [3.05, 3.63) is 65.2 Å². The number of likely N-dealkylation sites (N-methyl/N-ethyl adjacent to an activating group) is 1. The molecule has 0 saturated heterocycles. The lowest BCUT2D eigenvalue weighted by Crippen LogP contribution is -2.30. The Morgan fingerprint density at radius 2 is 2.00 bits per heavy atom. The Balaban J connectivity index is 1.71. The molecule has 19 heavy (non-hydrogen) atoms. The van der Waals surface area contributed by atoms with E-state index >= 15 is 0 Å². The molecule has 0 radical (unpaired) electrons. The predicted octanol–water partition coefficient (Wildman–Crippen LogP) is 2.92. The van der Waals surface area contributed by atoms with Gasteiger partial charge in [0.1, 0.15) is 0 Å². The molecular formula is C17H20N2. The van der Waals surface area contributed by atoms with Gasteiger partial charge in [-0.15, -0.1) is 0 Å². The first kappa shape index (κ1) is 12.2. The Kier molecular flexibility index (Phi) is 3.26. The summed E-state index contributed by atoms with van der Waals surface area (Å²) < 4.78 is 0. The van der Waals surface area contributed by atoms with Crippen molar-refractivity contribution >= 4 is 5.69 Å². The fraction of sp³-hybridized carbons (Fsp3) is 0.294. The Bertz CT molecular complexity index is 577. The number of fused-ring (bicyclic) bond motifs is 1. The van der Waals surface area contributed by atoms with Crippen LogP contribution >= 0.6 is 0 Å². The highest BCUT2D eigenvalue weighted by Gasteiger charge is 2.26. The summed E-state index contributed by atoms with van der Waals surface area (Å²) in [5, 5.41) is 0. The quantitative estimate of drug-likeness (QED) is 0.906. The molecule has 0 saturated carbocycles. The lowest BCUT2D eigenvalue weighted by Gasteiger charge is -2.34. The maximum Gasteiger partial charge on any atom is 0.0367 e. The lowest BCUT2D eigenvalue weighted by molar-refractivity contribution is 0.601. The molecule has 2 nitrogen and oxygen atoms in total. The average molecular weight is 252 g/mol. The van der Waals surface area contributed by atoms with E-state index in [2.05, 4.69) is 60.5 Å². The molecular weight excluding hydrogens is 232 g/mol. The van der Waals surface area contributed by atoms with E-state index in [-0.39, 0.29) is 0 Å². The van der Waals surface area contributed by atoms with Crippen LogP contribution in [0.5, 0.6) is 0 Å². The summed E-state index contributed by atoms with van der Waals surface area (Å²) in [6, 6.07) is 17.3. The maximum absolute atomic E-state index is 5.70. The third kappa shape index (κ3) is 2.36. The molecule has 0 aromatic heterocycles. The van der Waals surface area contributed by atoms with Crippen LogP contribution in [0, 0.1) is 0 Å². The molecule has 1 aliphatic carbocycles. The zero-order valence-corrected chi connectivity index (χ0v) is 11.3.